The first-order valence-corrected chi connectivity index (χ1v) is 16.9. The Hall–Kier alpha value is -7.17. The van der Waals surface area contributed by atoms with E-state index in [0.717, 1.165) is 0 Å². The van der Waals surface area contributed by atoms with Crippen LogP contribution in [-0.4, -0.2) is 61.0 Å². The van der Waals surface area contributed by atoms with Crippen molar-refractivity contribution < 1.29 is 43.3 Å². The summed E-state index contributed by atoms with van der Waals surface area (Å²) in [6.45, 7) is 0.425. The summed E-state index contributed by atoms with van der Waals surface area (Å²) < 4.78 is 31.9. The number of hydrogen-bond acceptors (Lipinski definition) is 8. The molecule has 13 heteroatoms. The minimum atomic E-state index is -3.05. The SMILES string of the molecule is CC#C[C@]1(c2ccccc2C(=O)O)C(n2ccc3c(NC(=O)c4ccccc4)ncnc32)O[C@@](F)(COC(=O)c2ccccc2)[C@H]1c1ccccc1C(=O)O. The van der Waals surface area contributed by atoms with Gasteiger partial charge in [-0.15, -0.1) is 5.92 Å². The van der Waals surface area contributed by atoms with Crippen molar-refractivity contribution in [3.8, 4) is 11.8 Å². The molecule has 2 aromatic heterocycles. The average molecular weight is 739 g/mol. The third-order valence-corrected chi connectivity index (χ3v) is 9.46. The number of halogens is 1. The fourth-order valence-corrected chi connectivity index (χ4v) is 7.22. The van der Waals surface area contributed by atoms with Crippen molar-refractivity contribution >= 4 is 40.7 Å². The molecule has 0 spiro atoms. The second-order valence-corrected chi connectivity index (χ2v) is 12.6. The van der Waals surface area contributed by atoms with Crippen molar-refractivity contribution in [1.29, 1.82) is 0 Å². The maximum absolute atomic E-state index is 18.5. The van der Waals surface area contributed by atoms with Crippen LogP contribution in [0.25, 0.3) is 11.0 Å². The molecule has 0 saturated carbocycles. The molecule has 0 bridgehead atoms. The number of carboxylic acids is 2. The molecule has 55 heavy (non-hydrogen) atoms. The molecular formula is C42H31FN4O8. The first kappa shape index (κ1) is 36.2. The van der Waals surface area contributed by atoms with Gasteiger partial charge in [0.15, 0.2) is 12.8 Å². The summed E-state index contributed by atoms with van der Waals surface area (Å²) in [5, 5.41) is 24.0. The van der Waals surface area contributed by atoms with E-state index in [2.05, 4.69) is 27.1 Å². The molecule has 0 aliphatic carbocycles. The average Bonchev–Trinajstić information content (AvgIpc) is 3.75. The largest absolute Gasteiger partial charge is 0.478 e. The lowest BCUT2D eigenvalue weighted by Gasteiger charge is -2.37. The number of rotatable bonds is 10. The van der Waals surface area contributed by atoms with E-state index in [1.165, 1.54) is 78.6 Å². The number of aromatic carboxylic acids is 2. The standard InChI is InChI=1S/C42H31FN4O8/c1-2-22-41(32-20-12-11-19-30(32)38(51)52)33(28-17-9-10-18-29(28)37(49)50)42(43,24-54-39(53)27-15-7-4-8-16-27)55-40(41)47-23-21-31-34(44-25-45-35(31)47)46-36(48)26-13-5-3-6-14-26/h3-21,23,25,33,40H,24H2,1H3,(H,49,50)(H,51,52)(H,44,45,46,48)/t33-,40?,41+,42-/m0/s1. The summed E-state index contributed by atoms with van der Waals surface area (Å²) in [7, 11) is 0. The maximum Gasteiger partial charge on any atom is 0.338 e. The van der Waals surface area contributed by atoms with Crippen LogP contribution in [0.3, 0.4) is 0 Å². The van der Waals surface area contributed by atoms with Gasteiger partial charge in [-0.2, -0.15) is 0 Å². The van der Waals surface area contributed by atoms with Crippen LogP contribution < -0.4 is 5.32 Å². The zero-order valence-corrected chi connectivity index (χ0v) is 29.0. The van der Waals surface area contributed by atoms with Crippen molar-refractivity contribution in [2.45, 2.75) is 30.3 Å². The van der Waals surface area contributed by atoms with Gasteiger partial charge in [-0.3, -0.25) is 4.79 Å². The third kappa shape index (κ3) is 6.45. The molecule has 1 amide bonds. The molecule has 0 radical (unpaired) electrons. The highest BCUT2D eigenvalue weighted by Gasteiger charge is 2.68. The maximum atomic E-state index is 18.5. The van der Waals surface area contributed by atoms with Crippen molar-refractivity contribution in [1.82, 2.24) is 14.5 Å². The molecule has 4 atom stereocenters. The summed E-state index contributed by atoms with van der Waals surface area (Å²) in [6, 6.07) is 29.4. The highest BCUT2D eigenvalue weighted by Crippen LogP contribution is 2.62. The second-order valence-electron chi connectivity index (χ2n) is 12.6. The van der Waals surface area contributed by atoms with Crippen molar-refractivity contribution in [3.63, 3.8) is 0 Å². The van der Waals surface area contributed by atoms with Crippen molar-refractivity contribution in [2.24, 2.45) is 0 Å². The molecule has 3 heterocycles. The molecule has 1 aliphatic rings. The molecule has 274 valence electrons. The molecule has 1 saturated heterocycles. The number of carbonyl (C=O) groups excluding carboxylic acids is 2. The number of aromatic nitrogens is 3. The summed E-state index contributed by atoms with van der Waals surface area (Å²) in [5.41, 5.74) is -2.10. The van der Waals surface area contributed by atoms with Crippen molar-refractivity contribution in [2.75, 3.05) is 11.9 Å². The molecular weight excluding hydrogens is 707 g/mol. The fourth-order valence-electron chi connectivity index (χ4n) is 7.22. The molecule has 4 aromatic carbocycles. The number of amides is 1. The van der Waals surface area contributed by atoms with Gasteiger partial charge in [0.25, 0.3) is 11.8 Å². The number of ether oxygens (including phenoxy) is 2. The van der Waals surface area contributed by atoms with Gasteiger partial charge in [0.1, 0.15) is 23.2 Å². The first-order valence-electron chi connectivity index (χ1n) is 16.9. The van der Waals surface area contributed by atoms with Crippen LogP contribution in [-0.2, 0) is 14.9 Å². The van der Waals surface area contributed by atoms with E-state index in [0.29, 0.717) is 10.9 Å². The Morgan fingerprint density at radius 2 is 1.45 bits per heavy atom. The van der Waals surface area contributed by atoms with Crippen LogP contribution >= 0.6 is 0 Å². The zero-order chi connectivity index (χ0) is 38.7. The van der Waals surface area contributed by atoms with Crippen molar-refractivity contribution in [3.05, 3.63) is 161 Å². The molecule has 1 unspecified atom stereocenters. The van der Waals surface area contributed by atoms with E-state index >= 15 is 4.39 Å². The topological polar surface area (TPSA) is 170 Å². The van der Waals surface area contributed by atoms with E-state index in [1.807, 2.05) is 0 Å². The smallest absolute Gasteiger partial charge is 0.338 e. The van der Waals surface area contributed by atoms with Gasteiger partial charge in [-0.1, -0.05) is 78.7 Å². The van der Waals surface area contributed by atoms with Gasteiger partial charge in [0, 0.05) is 11.8 Å². The molecule has 3 N–H and O–H groups in total. The van der Waals surface area contributed by atoms with Gasteiger partial charge in [0.2, 0.25) is 0 Å². The third-order valence-electron chi connectivity index (χ3n) is 9.46. The van der Waals surface area contributed by atoms with E-state index in [9.17, 15) is 29.4 Å². The number of hydrogen-bond donors (Lipinski definition) is 3. The fraction of sp³-hybridized carbons (Fsp3) is 0.143. The van der Waals surface area contributed by atoms with Crippen LogP contribution in [0.2, 0.25) is 0 Å². The number of alkyl halides is 1. The van der Waals surface area contributed by atoms with Crippen LogP contribution in [0.15, 0.2) is 128 Å². The Labute approximate surface area is 313 Å². The molecule has 7 rings (SSSR count). The van der Waals surface area contributed by atoms with Crippen LogP contribution in [0.4, 0.5) is 10.2 Å². The Kier molecular flexibility index (Phi) is 9.67. The minimum absolute atomic E-state index is 0.00513. The Bertz CT molecular complexity index is 2520. The first-order chi connectivity index (χ1) is 26.6. The predicted octanol–water partition coefficient (Wildman–Crippen LogP) is 6.88. The van der Waals surface area contributed by atoms with Gasteiger partial charge in [0.05, 0.1) is 28.0 Å². The van der Waals surface area contributed by atoms with Gasteiger partial charge >= 0.3 is 17.9 Å². The summed E-state index contributed by atoms with van der Waals surface area (Å²) in [4.78, 5) is 60.9. The lowest BCUT2D eigenvalue weighted by molar-refractivity contribution is -0.184. The Morgan fingerprint density at radius 1 is 0.836 bits per heavy atom. The minimum Gasteiger partial charge on any atom is -0.478 e. The highest BCUT2D eigenvalue weighted by atomic mass is 19.2. The number of nitrogens with one attached hydrogen (secondary N) is 1. The number of anilines is 1. The lowest BCUT2D eigenvalue weighted by Crippen LogP contribution is -2.43. The van der Waals surface area contributed by atoms with E-state index < -0.39 is 53.8 Å². The summed E-state index contributed by atoms with van der Waals surface area (Å²) in [5.74, 6) is -2.86. The summed E-state index contributed by atoms with van der Waals surface area (Å²) in [6.07, 6.45) is 1.09. The number of nitrogens with zero attached hydrogens (tertiary/aromatic N) is 3. The number of benzene rings is 4. The van der Waals surface area contributed by atoms with Gasteiger partial charge in [-0.25, -0.2) is 28.7 Å². The Morgan fingerprint density at radius 3 is 2.13 bits per heavy atom. The normalized spacial score (nSPS) is 20.3. The molecule has 1 aliphatic heterocycles. The van der Waals surface area contributed by atoms with E-state index in [1.54, 1.807) is 60.7 Å². The second kappa shape index (κ2) is 14.7. The van der Waals surface area contributed by atoms with Gasteiger partial charge in [-0.05, 0) is 60.5 Å². The number of carboxylic acid groups (broad SMARTS) is 2. The Balaban J connectivity index is 1.48. The predicted molar refractivity (Wildman–Crippen MR) is 197 cm³/mol. The van der Waals surface area contributed by atoms with E-state index in [4.69, 9.17) is 9.47 Å². The van der Waals surface area contributed by atoms with E-state index in [-0.39, 0.29) is 39.3 Å². The number of carbonyl (C=O) groups is 4. The van der Waals surface area contributed by atoms with Crippen LogP contribution in [0.1, 0.15) is 71.6 Å². The zero-order valence-electron chi connectivity index (χ0n) is 29.0. The summed E-state index contributed by atoms with van der Waals surface area (Å²) >= 11 is 0. The monoisotopic (exact) mass is 738 g/mol. The van der Waals surface area contributed by atoms with Crippen LogP contribution in [0, 0.1) is 11.8 Å². The lowest BCUT2D eigenvalue weighted by atomic mass is 9.64. The molecule has 12 nitrogen and oxygen atoms in total. The molecule has 6 aromatic rings. The number of fused-ring (bicyclic) bond motifs is 1. The molecule has 1 fully saturated rings. The highest BCUT2D eigenvalue weighted by molar-refractivity contribution is 6.07. The quantitative estimate of drug-likeness (QED) is 0.0995. The van der Waals surface area contributed by atoms with Crippen LogP contribution in [0.5, 0.6) is 0 Å². The number of esters is 1. The van der Waals surface area contributed by atoms with Gasteiger partial charge < -0.3 is 29.6 Å².